The van der Waals surface area contributed by atoms with Gasteiger partial charge in [0.05, 0.1) is 6.04 Å². The third-order valence-electron chi connectivity index (χ3n) is 3.89. The van der Waals surface area contributed by atoms with E-state index in [1.54, 1.807) is 6.07 Å². The Hall–Kier alpha value is -2.69. The molecule has 1 aromatic heterocycles. The second-order valence-electron chi connectivity index (χ2n) is 5.82. The maximum absolute atomic E-state index is 12.4. The standard InChI is InChI=1S/C19H23N3O2/c1-4-13(2)21-18(23)16-10-11-20-17(12-16)19(24)22-14(3)15-8-6-5-7-9-15/h5-14H,4H2,1-3H3,(H,21,23)(H,22,24). The van der Waals surface area contributed by atoms with Crippen LogP contribution in [0, 0.1) is 0 Å². The summed E-state index contributed by atoms with van der Waals surface area (Å²) in [5, 5.41) is 5.78. The molecule has 0 aliphatic carbocycles. The minimum atomic E-state index is -0.301. The molecule has 24 heavy (non-hydrogen) atoms. The van der Waals surface area contributed by atoms with Gasteiger partial charge in [-0.3, -0.25) is 14.6 Å². The summed E-state index contributed by atoms with van der Waals surface area (Å²) in [5.41, 5.74) is 1.67. The lowest BCUT2D eigenvalue weighted by Gasteiger charge is -2.14. The molecule has 2 unspecified atom stereocenters. The molecule has 0 bridgehead atoms. The number of nitrogens with zero attached hydrogens (tertiary/aromatic N) is 1. The summed E-state index contributed by atoms with van der Waals surface area (Å²) in [4.78, 5) is 28.6. The topological polar surface area (TPSA) is 71.1 Å². The van der Waals surface area contributed by atoms with Crippen LogP contribution in [0.25, 0.3) is 0 Å². The summed E-state index contributed by atoms with van der Waals surface area (Å²) >= 11 is 0. The first-order valence-electron chi connectivity index (χ1n) is 8.14. The van der Waals surface area contributed by atoms with Gasteiger partial charge in [-0.2, -0.15) is 0 Å². The Morgan fingerprint density at radius 2 is 1.75 bits per heavy atom. The summed E-state index contributed by atoms with van der Waals surface area (Å²) in [6.45, 7) is 5.85. The van der Waals surface area contributed by atoms with Crippen LogP contribution >= 0.6 is 0 Å². The Labute approximate surface area is 142 Å². The van der Waals surface area contributed by atoms with Crippen molar-refractivity contribution in [1.29, 1.82) is 0 Å². The average molecular weight is 325 g/mol. The maximum atomic E-state index is 12.4. The summed E-state index contributed by atoms with van der Waals surface area (Å²) < 4.78 is 0. The first kappa shape index (κ1) is 17.7. The van der Waals surface area contributed by atoms with Crippen molar-refractivity contribution in [3.63, 3.8) is 0 Å². The number of hydrogen-bond donors (Lipinski definition) is 2. The van der Waals surface area contributed by atoms with Gasteiger partial charge in [0, 0.05) is 17.8 Å². The fourth-order valence-electron chi connectivity index (χ4n) is 2.20. The van der Waals surface area contributed by atoms with Crippen molar-refractivity contribution in [2.24, 2.45) is 0 Å². The van der Waals surface area contributed by atoms with E-state index in [0.717, 1.165) is 12.0 Å². The molecule has 2 N–H and O–H groups in total. The SMILES string of the molecule is CCC(C)NC(=O)c1ccnc(C(=O)NC(C)c2ccccc2)c1. The van der Waals surface area contributed by atoms with E-state index in [1.165, 1.54) is 12.3 Å². The van der Waals surface area contributed by atoms with E-state index in [2.05, 4.69) is 15.6 Å². The molecule has 1 aromatic carbocycles. The molecule has 2 rings (SSSR count). The summed E-state index contributed by atoms with van der Waals surface area (Å²) in [7, 11) is 0. The molecule has 0 saturated heterocycles. The maximum Gasteiger partial charge on any atom is 0.270 e. The number of carbonyl (C=O) groups excluding carboxylic acids is 2. The lowest BCUT2D eigenvalue weighted by atomic mass is 10.1. The minimum Gasteiger partial charge on any atom is -0.350 e. The number of amides is 2. The van der Waals surface area contributed by atoms with Crippen LogP contribution in [0.15, 0.2) is 48.7 Å². The molecule has 126 valence electrons. The van der Waals surface area contributed by atoms with Crippen LogP contribution in [-0.2, 0) is 0 Å². The third kappa shape index (κ3) is 4.65. The van der Waals surface area contributed by atoms with Crippen LogP contribution in [0.4, 0.5) is 0 Å². The quantitative estimate of drug-likeness (QED) is 0.857. The molecule has 0 fully saturated rings. The van der Waals surface area contributed by atoms with E-state index < -0.39 is 0 Å². The summed E-state index contributed by atoms with van der Waals surface area (Å²) in [6.07, 6.45) is 2.33. The van der Waals surface area contributed by atoms with E-state index in [4.69, 9.17) is 0 Å². The molecule has 5 nitrogen and oxygen atoms in total. The Balaban J connectivity index is 2.07. The predicted octanol–water partition coefficient (Wildman–Crippen LogP) is 3.10. The molecule has 2 atom stereocenters. The first-order valence-corrected chi connectivity index (χ1v) is 8.14. The van der Waals surface area contributed by atoms with Crippen molar-refractivity contribution < 1.29 is 9.59 Å². The van der Waals surface area contributed by atoms with Gasteiger partial charge in [0.2, 0.25) is 0 Å². The van der Waals surface area contributed by atoms with Gasteiger partial charge < -0.3 is 10.6 Å². The van der Waals surface area contributed by atoms with Crippen molar-refractivity contribution in [1.82, 2.24) is 15.6 Å². The number of pyridine rings is 1. The van der Waals surface area contributed by atoms with E-state index >= 15 is 0 Å². The fraction of sp³-hybridized carbons (Fsp3) is 0.316. The van der Waals surface area contributed by atoms with E-state index in [9.17, 15) is 9.59 Å². The van der Waals surface area contributed by atoms with Gasteiger partial charge in [-0.05, 0) is 38.0 Å². The summed E-state index contributed by atoms with van der Waals surface area (Å²) in [6, 6.07) is 12.8. The van der Waals surface area contributed by atoms with E-state index in [1.807, 2.05) is 51.1 Å². The smallest absolute Gasteiger partial charge is 0.270 e. The molecule has 0 radical (unpaired) electrons. The summed E-state index contributed by atoms with van der Waals surface area (Å²) in [5.74, 6) is -0.499. The molecule has 0 saturated carbocycles. The number of benzene rings is 1. The molecule has 0 spiro atoms. The molecule has 1 heterocycles. The number of hydrogen-bond acceptors (Lipinski definition) is 3. The van der Waals surface area contributed by atoms with Crippen LogP contribution in [-0.4, -0.2) is 22.8 Å². The van der Waals surface area contributed by atoms with Crippen LogP contribution in [0.3, 0.4) is 0 Å². The average Bonchev–Trinajstić information content (AvgIpc) is 2.62. The molecule has 2 aromatic rings. The van der Waals surface area contributed by atoms with Gasteiger partial charge in [-0.15, -0.1) is 0 Å². The van der Waals surface area contributed by atoms with Crippen molar-refractivity contribution in [3.05, 3.63) is 65.5 Å². The second-order valence-corrected chi connectivity index (χ2v) is 5.82. The number of rotatable bonds is 6. The third-order valence-corrected chi connectivity index (χ3v) is 3.89. The number of nitrogens with one attached hydrogen (secondary N) is 2. The molecular formula is C19H23N3O2. The van der Waals surface area contributed by atoms with Crippen LogP contribution in [0.2, 0.25) is 0 Å². The molecule has 0 aliphatic heterocycles. The highest BCUT2D eigenvalue weighted by molar-refractivity contribution is 5.98. The molecule has 5 heteroatoms. The zero-order chi connectivity index (χ0) is 17.5. The van der Waals surface area contributed by atoms with Crippen molar-refractivity contribution in [3.8, 4) is 0 Å². The van der Waals surface area contributed by atoms with Crippen molar-refractivity contribution >= 4 is 11.8 Å². The monoisotopic (exact) mass is 325 g/mol. The Morgan fingerprint density at radius 3 is 2.42 bits per heavy atom. The highest BCUT2D eigenvalue weighted by Crippen LogP contribution is 2.12. The zero-order valence-electron chi connectivity index (χ0n) is 14.2. The normalized spacial score (nSPS) is 13.0. The Kier molecular flexibility index (Phi) is 6.07. The van der Waals surface area contributed by atoms with Crippen LogP contribution in [0.5, 0.6) is 0 Å². The van der Waals surface area contributed by atoms with Gasteiger partial charge in [0.1, 0.15) is 5.69 Å². The number of carbonyl (C=O) groups is 2. The van der Waals surface area contributed by atoms with Gasteiger partial charge in [0.25, 0.3) is 11.8 Å². The van der Waals surface area contributed by atoms with Crippen molar-refractivity contribution in [2.45, 2.75) is 39.3 Å². The number of aromatic nitrogens is 1. The molecule has 0 aliphatic rings. The molecule has 2 amide bonds. The Bertz CT molecular complexity index is 701. The largest absolute Gasteiger partial charge is 0.350 e. The zero-order valence-corrected chi connectivity index (χ0v) is 14.2. The highest BCUT2D eigenvalue weighted by Gasteiger charge is 2.15. The minimum absolute atomic E-state index is 0.0843. The van der Waals surface area contributed by atoms with E-state index in [-0.39, 0.29) is 29.6 Å². The Morgan fingerprint density at radius 1 is 1.04 bits per heavy atom. The van der Waals surface area contributed by atoms with Crippen LogP contribution in [0.1, 0.15) is 59.6 Å². The second kappa shape index (κ2) is 8.24. The van der Waals surface area contributed by atoms with Gasteiger partial charge in [-0.25, -0.2) is 0 Å². The van der Waals surface area contributed by atoms with Gasteiger partial charge in [0.15, 0.2) is 0 Å². The fourth-order valence-corrected chi connectivity index (χ4v) is 2.20. The van der Waals surface area contributed by atoms with E-state index in [0.29, 0.717) is 5.56 Å². The van der Waals surface area contributed by atoms with Crippen LogP contribution < -0.4 is 10.6 Å². The first-order chi connectivity index (χ1) is 11.5. The highest BCUT2D eigenvalue weighted by atomic mass is 16.2. The van der Waals surface area contributed by atoms with Gasteiger partial charge >= 0.3 is 0 Å². The lowest BCUT2D eigenvalue weighted by Crippen LogP contribution is -2.32. The van der Waals surface area contributed by atoms with Crippen molar-refractivity contribution in [2.75, 3.05) is 0 Å². The van der Waals surface area contributed by atoms with Gasteiger partial charge in [-0.1, -0.05) is 37.3 Å². The molecular weight excluding hydrogens is 302 g/mol. The predicted molar refractivity (Wildman–Crippen MR) is 93.8 cm³/mol. The lowest BCUT2D eigenvalue weighted by molar-refractivity contribution is 0.0935.